The second-order valence-electron chi connectivity index (χ2n) is 6.07. The normalized spacial score (nSPS) is 15.4. The Kier molecular flexibility index (Phi) is 4.49. The molecule has 0 fully saturated rings. The van der Waals surface area contributed by atoms with Crippen molar-refractivity contribution in [2.75, 3.05) is 12.4 Å². The molecule has 1 aliphatic rings. The molecule has 138 valence electrons. The maximum atomic E-state index is 13.1. The van der Waals surface area contributed by atoms with Gasteiger partial charge in [-0.25, -0.2) is 9.07 Å². The molecule has 0 radical (unpaired) electrons. The summed E-state index contributed by atoms with van der Waals surface area (Å²) < 4.78 is 31.8. The molecule has 6 nitrogen and oxygen atoms in total. The van der Waals surface area contributed by atoms with Gasteiger partial charge in [0.1, 0.15) is 17.4 Å². The average molecular weight is 385 g/mol. The molecule has 8 heteroatoms. The van der Waals surface area contributed by atoms with E-state index in [-0.39, 0.29) is 5.91 Å². The van der Waals surface area contributed by atoms with Crippen LogP contribution in [0.15, 0.2) is 48.5 Å². The van der Waals surface area contributed by atoms with Crippen molar-refractivity contribution in [1.82, 2.24) is 9.78 Å². The quantitative estimate of drug-likeness (QED) is 0.749. The van der Waals surface area contributed by atoms with Crippen molar-refractivity contribution in [2.24, 2.45) is 0 Å². The van der Waals surface area contributed by atoms with E-state index in [9.17, 15) is 13.4 Å². The highest BCUT2D eigenvalue weighted by Crippen LogP contribution is 2.32. The smallest absolute Gasteiger partial charge is 0.256 e. The Morgan fingerprint density at radius 1 is 1.15 bits per heavy atom. The number of fused-ring (bicyclic) bond motifs is 1. The Bertz CT molecular complexity index is 1030. The number of rotatable bonds is 4. The van der Waals surface area contributed by atoms with Crippen molar-refractivity contribution < 1.29 is 18.1 Å². The summed E-state index contributed by atoms with van der Waals surface area (Å²) in [4.78, 5) is 12.6. The van der Waals surface area contributed by atoms with Gasteiger partial charge in [-0.1, -0.05) is 0 Å². The largest absolute Gasteiger partial charge is 0.497 e. The monoisotopic (exact) mass is 385 g/mol. The highest BCUT2D eigenvalue weighted by Gasteiger charge is 2.28. The maximum absolute atomic E-state index is 13.1. The molecule has 3 aromatic rings. The van der Waals surface area contributed by atoms with Crippen LogP contribution < -0.4 is 10.1 Å². The van der Waals surface area contributed by atoms with Crippen molar-refractivity contribution in [3.63, 3.8) is 0 Å². The number of anilines is 1. The molecule has 1 aromatic heterocycles. The van der Waals surface area contributed by atoms with Crippen LogP contribution in [-0.2, 0) is 22.3 Å². The number of hydrogen-bond donors (Lipinski definition) is 1. The number of hydrogen-bond acceptors (Lipinski definition) is 4. The van der Waals surface area contributed by atoms with E-state index in [0.717, 1.165) is 11.3 Å². The Morgan fingerprint density at radius 3 is 2.52 bits per heavy atom. The zero-order valence-electron chi connectivity index (χ0n) is 14.4. The molecule has 1 amide bonds. The molecule has 0 saturated carbocycles. The lowest BCUT2D eigenvalue weighted by Gasteiger charge is -2.11. The van der Waals surface area contributed by atoms with E-state index < -0.39 is 16.6 Å². The first-order valence-electron chi connectivity index (χ1n) is 8.22. The van der Waals surface area contributed by atoms with Crippen LogP contribution >= 0.6 is 0 Å². The summed E-state index contributed by atoms with van der Waals surface area (Å²) >= 11 is 0. The predicted molar refractivity (Wildman–Crippen MR) is 100 cm³/mol. The fourth-order valence-electron chi connectivity index (χ4n) is 2.95. The number of nitrogens with one attached hydrogen (secondary N) is 1. The van der Waals surface area contributed by atoms with E-state index in [4.69, 9.17) is 4.74 Å². The van der Waals surface area contributed by atoms with Crippen LogP contribution in [0.25, 0.3) is 5.69 Å². The van der Waals surface area contributed by atoms with Crippen molar-refractivity contribution in [2.45, 2.75) is 11.5 Å². The van der Waals surface area contributed by atoms with E-state index in [1.807, 2.05) is 12.1 Å². The highest BCUT2D eigenvalue weighted by atomic mass is 32.2. The molecular weight excluding hydrogens is 369 g/mol. The third kappa shape index (κ3) is 3.35. The summed E-state index contributed by atoms with van der Waals surface area (Å²) in [6.45, 7) is 0. The molecule has 1 N–H and O–H groups in total. The zero-order chi connectivity index (χ0) is 19.0. The minimum Gasteiger partial charge on any atom is -0.497 e. The topological polar surface area (TPSA) is 73.2 Å². The van der Waals surface area contributed by atoms with Crippen molar-refractivity contribution >= 4 is 22.5 Å². The minimum atomic E-state index is -1.03. The summed E-state index contributed by atoms with van der Waals surface area (Å²) in [7, 11) is 0.557. The van der Waals surface area contributed by atoms with Gasteiger partial charge in [0, 0.05) is 21.9 Å². The number of ether oxygens (including phenoxy) is 1. The van der Waals surface area contributed by atoms with Crippen molar-refractivity contribution in [1.29, 1.82) is 0 Å². The number of amides is 1. The summed E-state index contributed by atoms with van der Waals surface area (Å²) in [5, 5.41) is 7.38. The Hall–Kier alpha value is -3.00. The van der Waals surface area contributed by atoms with Gasteiger partial charge in [-0.3, -0.25) is 9.00 Å². The number of carbonyl (C=O) groups is 1. The molecule has 2 aromatic carbocycles. The molecule has 4 rings (SSSR count). The summed E-state index contributed by atoms with van der Waals surface area (Å²) in [6.07, 6.45) is 0. The van der Waals surface area contributed by atoms with Gasteiger partial charge in [0.2, 0.25) is 0 Å². The molecule has 0 bridgehead atoms. The third-order valence-electron chi connectivity index (χ3n) is 4.33. The van der Waals surface area contributed by atoms with Gasteiger partial charge < -0.3 is 10.1 Å². The highest BCUT2D eigenvalue weighted by molar-refractivity contribution is 7.83. The number of methoxy groups -OCH3 is 1. The molecule has 27 heavy (non-hydrogen) atoms. The van der Waals surface area contributed by atoms with E-state index in [1.54, 1.807) is 23.9 Å². The number of nitrogens with zero attached hydrogens (tertiary/aromatic N) is 2. The standard InChI is InChI=1S/C19H16FN3O3S/c1-26-15-8-6-14(7-9-15)23-18(16-10-27(25)11-17(16)22-23)21-19(24)12-2-4-13(20)5-3-12/h2-9H,10-11H2,1H3,(H,21,24)/t27-/m1/s1. The van der Waals surface area contributed by atoms with Gasteiger partial charge in [0.05, 0.1) is 30.0 Å². The fourth-order valence-corrected chi connectivity index (χ4v) is 4.21. The van der Waals surface area contributed by atoms with Gasteiger partial charge in [-0.15, -0.1) is 0 Å². The molecule has 2 heterocycles. The summed E-state index contributed by atoms with van der Waals surface area (Å²) in [5.74, 6) is 1.09. The zero-order valence-corrected chi connectivity index (χ0v) is 15.3. The second-order valence-corrected chi connectivity index (χ2v) is 7.53. The molecule has 0 spiro atoms. The molecule has 1 aliphatic heterocycles. The summed E-state index contributed by atoms with van der Waals surface area (Å²) in [5.41, 5.74) is 2.54. The predicted octanol–water partition coefficient (Wildman–Crippen LogP) is 3.03. The van der Waals surface area contributed by atoms with E-state index >= 15 is 0 Å². The lowest BCUT2D eigenvalue weighted by atomic mass is 10.2. The van der Waals surface area contributed by atoms with Gasteiger partial charge in [0.25, 0.3) is 5.91 Å². The number of halogens is 1. The van der Waals surface area contributed by atoms with Crippen LogP contribution in [0.1, 0.15) is 21.6 Å². The SMILES string of the molecule is COc1ccc(-n2nc3c(c2NC(=O)c2ccc(F)cc2)C[S@@](=O)C3)cc1. The van der Waals surface area contributed by atoms with Gasteiger partial charge in [0.15, 0.2) is 0 Å². The maximum Gasteiger partial charge on any atom is 0.256 e. The van der Waals surface area contributed by atoms with Gasteiger partial charge in [-0.2, -0.15) is 5.10 Å². The second kappa shape index (κ2) is 6.96. The van der Waals surface area contributed by atoms with Crippen molar-refractivity contribution in [3.05, 3.63) is 71.2 Å². The van der Waals surface area contributed by atoms with Crippen LogP contribution in [0, 0.1) is 5.82 Å². The molecule has 0 aliphatic carbocycles. The first kappa shape index (κ1) is 17.4. The van der Waals surface area contributed by atoms with Gasteiger partial charge in [-0.05, 0) is 48.5 Å². The van der Waals surface area contributed by atoms with E-state index in [0.29, 0.717) is 34.3 Å². The van der Waals surface area contributed by atoms with E-state index in [2.05, 4.69) is 10.4 Å². The van der Waals surface area contributed by atoms with Crippen LogP contribution in [0.2, 0.25) is 0 Å². The average Bonchev–Trinajstić information content (AvgIpc) is 3.19. The Balaban J connectivity index is 1.72. The third-order valence-corrected chi connectivity index (χ3v) is 5.53. The lowest BCUT2D eigenvalue weighted by molar-refractivity contribution is 0.102. The fraction of sp³-hybridized carbons (Fsp3) is 0.158. The number of carbonyl (C=O) groups excluding carboxylic acids is 1. The Labute approximate surface area is 157 Å². The molecular formula is C19H16FN3O3S. The van der Waals surface area contributed by atoms with Crippen LogP contribution in [0.3, 0.4) is 0 Å². The summed E-state index contributed by atoms with van der Waals surface area (Å²) in [6, 6.07) is 12.5. The van der Waals surface area contributed by atoms with Crippen LogP contribution in [0.5, 0.6) is 5.75 Å². The first-order valence-corrected chi connectivity index (χ1v) is 9.71. The minimum absolute atomic E-state index is 0.326. The van der Waals surface area contributed by atoms with Crippen LogP contribution in [-0.4, -0.2) is 27.0 Å². The molecule has 0 saturated heterocycles. The van der Waals surface area contributed by atoms with Crippen molar-refractivity contribution in [3.8, 4) is 11.4 Å². The van der Waals surface area contributed by atoms with Gasteiger partial charge >= 0.3 is 0 Å². The lowest BCUT2D eigenvalue weighted by Crippen LogP contribution is -2.16. The molecule has 1 atom stereocenters. The van der Waals surface area contributed by atoms with Crippen LogP contribution in [0.4, 0.5) is 10.2 Å². The Morgan fingerprint density at radius 2 is 1.85 bits per heavy atom. The molecule has 0 unspecified atom stereocenters. The number of benzene rings is 2. The number of aromatic nitrogens is 2. The first-order chi connectivity index (χ1) is 13.0. The van der Waals surface area contributed by atoms with E-state index in [1.165, 1.54) is 24.3 Å².